The van der Waals surface area contributed by atoms with Crippen molar-refractivity contribution in [2.45, 2.75) is 17.7 Å². The van der Waals surface area contributed by atoms with Gasteiger partial charge >= 0.3 is 0 Å². The van der Waals surface area contributed by atoms with Crippen LogP contribution in [0.2, 0.25) is 0 Å². The minimum atomic E-state index is -3.70. The highest BCUT2D eigenvalue weighted by Gasteiger charge is 2.29. The van der Waals surface area contributed by atoms with Gasteiger partial charge in [-0.1, -0.05) is 24.3 Å². The van der Waals surface area contributed by atoms with Crippen LogP contribution < -0.4 is 19.1 Å². The Bertz CT molecular complexity index is 1220. The molecule has 0 saturated carbocycles. The summed E-state index contributed by atoms with van der Waals surface area (Å²) in [7, 11) is -0.672. The van der Waals surface area contributed by atoms with Gasteiger partial charge in [-0.25, -0.2) is 8.42 Å². The summed E-state index contributed by atoms with van der Waals surface area (Å²) in [4.78, 5) is 13.1. The van der Waals surface area contributed by atoms with Crippen LogP contribution in [0.1, 0.15) is 22.3 Å². The molecular formula is C24H24N2O5S. The molecular weight excluding hydrogens is 428 g/mol. The highest BCUT2D eigenvalue weighted by molar-refractivity contribution is 7.92. The highest BCUT2D eigenvalue weighted by atomic mass is 32.2. The van der Waals surface area contributed by atoms with Gasteiger partial charge in [-0.05, 0) is 54.8 Å². The summed E-state index contributed by atoms with van der Waals surface area (Å²) in [6.45, 7) is 0.384. The van der Waals surface area contributed by atoms with E-state index in [0.29, 0.717) is 35.0 Å². The Balaban J connectivity index is 1.65. The molecule has 4 rings (SSSR count). The van der Waals surface area contributed by atoms with Crippen molar-refractivity contribution in [1.82, 2.24) is 0 Å². The third-order valence-electron chi connectivity index (χ3n) is 5.36. The Labute approximate surface area is 187 Å². The molecule has 7 nitrogen and oxygen atoms in total. The topological polar surface area (TPSA) is 84.9 Å². The Morgan fingerprint density at radius 2 is 1.62 bits per heavy atom. The lowest BCUT2D eigenvalue weighted by molar-refractivity contribution is 0.102. The van der Waals surface area contributed by atoms with Gasteiger partial charge in [0.1, 0.15) is 11.5 Å². The lowest BCUT2D eigenvalue weighted by Gasteiger charge is -2.31. The number of aryl methyl sites for hydroxylation is 1. The number of anilines is 2. The third-order valence-corrected chi connectivity index (χ3v) is 7.19. The molecule has 3 aromatic carbocycles. The summed E-state index contributed by atoms with van der Waals surface area (Å²) in [6.07, 6.45) is 1.51. The van der Waals surface area contributed by atoms with Gasteiger partial charge in [-0.2, -0.15) is 0 Å². The first kappa shape index (κ1) is 21.7. The van der Waals surface area contributed by atoms with Gasteiger partial charge in [0.15, 0.2) is 0 Å². The quantitative estimate of drug-likeness (QED) is 0.609. The highest BCUT2D eigenvalue weighted by Crippen LogP contribution is 2.34. The van der Waals surface area contributed by atoms with Crippen LogP contribution in [0.15, 0.2) is 71.6 Å². The second-order valence-electron chi connectivity index (χ2n) is 7.39. The number of ether oxygens (including phenoxy) is 2. The van der Waals surface area contributed by atoms with E-state index in [2.05, 4.69) is 5.32 Å². The van der Waals surface area contributed by atoms with E-state index in [4.69, 9.17) is 9.47 Å². The zero-order chi connectivity index (χ0) is 22.7. The number of amides is 1. The number of fused-ring (bicyclic) bond motifs is 1. The molecule has 166 valence electrons. The maximum absolute atomic E-state index is 13.3. The Hall–Kier alpha value is -3.52. The van der Waals surface area contributed by atoms with E-state index in [0.717, 1.165) is 18.4 Å². The Kier molecular flexibility index (Phi) is 6.05. The molecule has 0 atom stereocenters. The minimum absolute atomic E-state index is 0.241. The number of nitrogens with one attached hydrogen (secondary N) is 1. The molecule has 32 heavy (non-hydrogen) atoms. The molecule has 0 spiro atoms. The van der Waals surface area contributed by atoms with Gasteiger partial charge in [-0.15, -0.1) is 0 Å². The monoisotopic (exact) mass is 452 g/mol. The molecule has 1 aliphatic rings. The van der Waals surface area contributed by atoms with E-state index in [1.807, 2.05) is 6.07 Å². The number of hydrogen-bond donors (Lipinski definition) is 1. The molecule has 8 heteroatoms. The zero-order valence-corrected chi connectivity index (χ0v) is 18.7. The van der Waals surface area contributed by atoms with Crippen LogP contribution in [0.25, 0.3) is 0 Å². The standard InChI is InChI=1S/C24H24N2O5S/c1-30-20-13-18(14-21(16-20)31-2)24(27)25-19-11-10-17-7-6-12-26(23(17)15-19)32(28,29)22-8-4-3-5-9-22/h3-5,8-11,13-16H,6-7,12H2,1-2H3,(H,25,27). The first-order valence-electron chi connectivity index (χ1n) is 10.2. The molecule has 1 heterocycles. The van der Waals surface area contributed by atoms with Gasteiger partial charge in [0, 0.05) is 23.9 Å². The number of benzene rings is 3. The first-order chi connectivity index (χ1) is 15.4. The second kappa shape index (κ2) is 8.92. The molecule has 0 saturated heterocycles. The average molecular weight is 453 g/mol. The van der Waals surface area contributed by atoms with Crippen molar-refractivity contribution in [3.05, 3.63) is 77.9 Å². The lowest BCUT2D eigenvalue weighted by atomic mass is 10.0. The number of nitrogens with zero attached hydrogens (tertiary/aromatic N) is 1. The fourth-order valence-electron chi connectivity index (χ4n) is 3.73. The van der Waals surface area contributed by atoms with E-state index >= 15 is 0 Å². The van der Waals surface area contributed by atoms with Crippen molar-refractivity contribution < 1.29 is 22.7 Å². The van der Waals surface area contributed by atoms with Gasteiger partial charge in [0.2, 0.25) is 0 Å². The molecule has 0 unspecified atom stereocenters. The van der Waals surface area contributed by atoms with Crippen LogP contribution in [-0.4, -0.2) is 35.1 Å². The van der Waals surface area contributed by atoms with E-state index < -0.39 is 10.0 Å². The van der Waals surface area contributed by atoms with Gasteiger partial charge < -0.3 is 14.8 Å². The first-order valence-corrected chi connectivity index (χ1v) is 11.6. The summed E-state index contributed by atoms with van der Waals surface area (Å²) in [6, 6.07) is 18.6. The molecule has 0 aliphatic carbocycles. The molecule has 0 aromatic heterocycles. The predicted octanol–water partition coefficient (Wildman–Crippen LogP) is 4.10. The fraction of sp³-hybridized carbons (Fsp3) is 0.208. The zero-order valence-electron chi connectivity index (χ0n) is 17.9. The number of rotatable bonds is 6. The number of hydrogen-bond acceptors (Lipinski definition) is 5. The van der Waals surface area contributed by atoms with Crippen molar-refractivity contribution in [3.63, 3.8) is 0 Å². The third kappa shape index (κ3) is 4.27. The molecule has 1 amide bonds. The maximum Gasteiger partial charge on any atom is 0.264 e. The van der Waals surface area contributed by atoms with Crippen LogP contribution in [0.5, 0.6) is 11.5 Å². The van der Waals surface area contributed by atoms with Crippen LogP contribution in [-0.2, 0) is 16.4 Å². The fourth-order valence-corrected chi connectivity index (χ4v) is 5.28. The van der Waals surface area contributed by atoms with E-state index in [-0.39, 0.29) is 10.8 Å². The number of carbonyl (C=O) groups excluding carboxylic acids is 1. The molecule has 0 bridgehead atoms. The Morgan fingerprint density at radius 3 is 2.28 bits per heavy atom. The van der Waals surface area contributed by atoms with Crippen LogP contribution in [0.4, 0.5) is 11.4 Å². The smallest absolute Gasteiger partial charge is 0.264 e. The predicted molar refractivity (Wildman–Crippen MR) is 123 cm³/mol. The molecule has 0 fully saturated rings. The number of sulfonamides is 1. The number of methoxy groups -OCH3 is 2. The second-order valence-corrected chi connectivity index (χ2v) is 9.26. The average Bonchev–Trinajstić information content (AvgIpc) is 2.83. The normalized spacial score (nSPS) is 13.2. The van der Waals surface area contributed by atoms with Crippen molar-refractivity contribution in [2.75, 3.05) is 30.4 Å². The number of carbonyl (C=O) groups is 1. The van der Waals surface area contributed by atoms with Crippen LogP contribution >= 0.6 is 0 Å². The van der Waals surface area contributed by atoms with Crippen molar-refractivity contribution in [3.8, 4) is 11.5 Å². The lowest BCUT2D eigenvalue weighted by Crippen LogP contribution is -2.35. The summed E-state index contributed by atoms with van der Waals surface area (Å²) < 4.78 is 38.4. The molecule has 1 aliphatic heterocycles. The minimum Gasteiger partial charge on any atom is -0.497 e. The largest absolute Gasteiger partial charge is 0.497 e. The summed E-state index contributed by atoms with van der Waals surface area (Å²) in [5.41, 5.74) is 2.39. The summed E-state index contributed by atoms with van der Waals surface area (Å²) in [5, 5.41) is 2.85. The van der Waals surface area contributed by atoms with Gasteiger partial charge in [0.25, 0.3) is 15.9 Å². The molecule has 0 radical (unpaired) electrons. The van der Waals surface area contributed by atoms with Crippen LogP contribution in [0, 0.1) is 0 Å². The SMILES string of the molecule is COc1cc(OC)cc(C(=O)Nc2ccc3c(c2)N(S(=O)(=O)c2ccccc2)CCC3)c1. The van der Waals surface area contributed by atoms with Gasteiger partial charge in [-0.3, -0.25) is 9.10 Å². The maximum atomic E-state index is 13.3. The summed E-state index contributed by atoms with van der Waals surface area (Å²) >= 11 is 0. The molecule has 1 N–H and O–H groups in total. The van der Waals surface area contributed by atoms with E-state index in [9.17, 15) is 13.2 Å². The van der Waals surface area contributed by atoms with Crippen molar-refractivity contribution in [1.29, 1.82) is 0 Å². The van der Waals surface area contributed by atoms with E-state index in [1.165, 1.54) is 18.5 Å². The van der Waals surface area contributed by atoms with Crippen LogP contribution in [0.3, 0.4) is 0 Å². The molecule has 3 aromatic rings. The Morgan fingerprint density at radius 1 is 0.938 bits per heavy atom. The van der Waals surface area contributed by atoms with Gasteiger partial charge in [0.05, 0.1) is 24.8 Å². The van der Waals surface area contributed by atoms with Crippen molar-refractivity contribution >= 4 is 27.3 Å². The van der Waals surface area contributed by atoms with E-state index in [1.54, 1.807) is 60.7 Å². The van der Waals surface area contributed by atoms with Crippen molar-refractivity contribution in [2.24, 2.45) is 0 Å². The summed E-state index contributed by atoms with van der Waals surface area (Å²) in [5.74, 6) is 0.649.